The molecule has 0 saturated heterocycles. The maximum Gasteiger partial charge on any atom is 0.0618 e. The Balaban J connectivity index is 1.77. The number of methoxy groups -OCH3 is 1. The summed E-state index contributed by atoms with van der Waals surface area (Å²) in [5.41, 5.74) is 0. The van der Waals surface area contributed by atoms with Gasteiger partial charge in [0.05, 0.1) is 6.61 Å². The third kappa shape index (κ3) is 3.74. The average Bonchev–Trinajstić information content (AvgIpc) is 3.06. The predicted molar refractivity (Wildman–Crippen MR) is 67.6 cm³/mol. The number of ether oxygens (including phenoxy) is 1. The molecule has 0 spiro atoms. The van der Waals surface area contributed by atoms with Gasteiger partial charge in [0.1, 0.15) is 0 Å². The SMILES string of the molecule is COCC(NC1CCCC(C)CC1)C1CC1. The summed E-state index contributed by atoms with van der Waals surface area (Å²) in [5.74, 6) is 1.84. The molecule has 2 fully saturated rings. The molecule has 0 radical (unpaired) electrons. The molecule has 2 heteroatoms. The smallest absolute Gasteiger partial charge is 0.0618 e. The first-order valence-corrected chi connectivity index (χ1v) is 7.04. The zero-order valence-corrected chi connectivity index (χ0v) is 10.9. The molecule has 2 rings (SSSR count). The quantitative estimate of drug-likeness (QED) is 0.726. The van der Waals surface area contributed by atoms with Crippen LogP contribution >= 0.6 is 0 Å². The summed E-state index contributed by atoms with van der Waals surface area (Å²) < 4.78 is 5.34. The van der Waals surface area contributed by atoms with Crippen LogP contribution in [0.4, 0.5) is 0 Å². The van der Waals surface area contributed by atoms with Crippen molar-refractivity contribution in [2.24, 2.45) is 11.8 Å². The van der Waals surface area contributed by atoms with Gasteiger partial charge in [-0.15, -0.1) is 0 Å². The monoisotopic (exact) mass is 225 g/mol. The Labute approximate surface area is 100 Å². The van der Waals surface area contributed by atoms with Crippen molar-refractivity contribution in [2.45, 2.75) is 64.0 Å². The predicted octanol–water partition coefficient (Wildman–Crippen LogP) is 2.97. The second-order valence-corrected chi connectivity index (χ2v) is 5.88. The van der Waals surface area contributed by atoms with Crippen LogP contribution < -0.4 is 5.32 Å². The van der Waals surface area contributed by atoms with E-state index in [0.717, 1.165) is 24.5 Å². The van der Waals surface area contributed by atoms with Crippen LogP contribution in [0.2, 0.25) is 0 Å². The highest BCUT2D eigenvalue weighted by atomic mass is 16.5. The summed E-state index contributed by atoms with van der Waals surface area (Å²) in [5, 5.41) is 3.85. The first kappa shape index (κ1) is 12.4. The second-order valence-electron chi connectivity index (χ2n) is 5.88. The fourth-order valence-electron chi connectivity index (χ4n) is 2.95. The molecule has 1 N–H and O–H groups in total. The normalized spacial score (nSPS) is 33.4. The maximum atomic E-state index is 5.34. The molecule has 0 aromatic heterocycles. The summed E-state index contributed by atoms with van der Waals surface area (Å²) in [6.07, 6.45) is 9.79. The number of rotatable bonds is 5. The molecule has 0 heterocycles. The van der Waals surface area contributed by atoms with E-state index in [4.69, 9.17) is 4.74 Å². The van der Waals surface area contributed by atoms with Crippen LogP contribution in [0.3, 0.4) is 0 Å². The molecule has 0 aliphatic heterocycles. The first-order chi connectivity index (χ1) is 7.79. The zero-order valence-electron chi connectivity index (χ0n) is 10.9. The Kier molecular flexibility index (Phi) is 4.66. The topological polar surface area (TPSA) is 21.3 Å². The van der Waals surface area contributed by atoms with Crippen molar-refractivity contribution >= 4 is 0 Å². The Morgan fingerprint density at radius 2 is 1.94 bits per heavy atom. The lowest BCUT2D eigenvalue weighted by molar-refractivity contribution is 0.149. The van der Waals surface area contributed by atoms with E-state index in [-0.39, 0.29) is 0 Å². The molecule has 2 aliphatic rings. The standard InChI is InChI=1S/C14H27NO/c1-11-4-3-5-13(9-6-11)15-14(10-16-2)12-7-8-12/h11-15H,3-10H2,1-2H3. The highest BCUT2D eigenvalue weighted by molar-refractivity contribution is 4.89. The van der Waals surface area contributed by atoms with E-state index in [0.29, 0.717) is 6.04 Å². The second kappa shape index (κ2) is 6.02. The van der Waals surface area contributed by atoms with Gasteiger partial charge in [-0.3, -0.25) is 0 Å². The number of hydrogen-bond acceptors (Lipinski definition) is 2. The molecule has 0 aromatic rings. The Hall–Kier alpha value is -0.0800. The third-order valence-corrected chi connectivity index (χ3v) is 4.24. The van der Waals surface area contributed by atoms with E-state index in [2.05, 4.69) is 12.2 Å². The molecular weight excluding hydrogens is 198 g/mol. The largest absolute Gasteiger partial charge is 0.383 e. The van der Waals surface area contributed by atoms with Gasteiger partial charge >= 0.3 is 0 Å². The van der Waals surface area contributed by atoms with Gasteiger partial charge in [-0.1, -0.05) is 19.8 Å². The van der Waals surface area contributed by atoms with Crippen LogP contribution in [-0.2, 0) is 4.74 Å². The van der Waals surface area contributed by atoms with E-state index in [1.54, 1.807) is 0 Å². The van der Waals surface area contributed by atoms with Gasteiger partial charge in [0, 0.05) is 19.2 Å². The van der Waals surface area contributed by atoms with E-state index in [1.807, 2.05) is 7.11 Å². The van der Waals surface area contributed by atoms with Gasteiger partial charge in [0.2, 0.25) is 0 Å². The fraction of sp³-hybridized carbons (Fsp3) is 1.00. The number of nitrogens with one attached hydrogen (secondary N) is 1. The number of hydrogen-bond donors (Lipinski definition) is 1. The minimum absolute atomic E-state index is 0.628. The molecule has 2 nitrogen and oxygen atoms in total. The lowest BCUT2D eigenvalue weighted by Crippen LogP contribution is -2.42. The zero-order chi connectivity index (χ0) is 11.4. The first-order valence-electron chi connectivity index (χ1n) is 7.04. The van der Waals surface area contributed by atoms with Crippen molar-refractivity contribution in [3.8, 4) is 0 Å². The van der Waals surface area contributed by atoms with Crippen LogP contribution in [0.15, 0.2) is 0 Å². The van der Waals surface area contributed by atoms with Crippen LogP contribution in [-0.4, -0.2) is 25.8 Å². The van der Waals surface area contributed by atoms with Crippen LogP contribution in [0, 0.1) is 11.8 Å². The molecule has 0 bridgehead atoms. The fourth-order valence-corrected chi connectivity index (χ4v) is 2.95. The molecule has 2 aliphatic carbocycles. The Bertz CT molecular complexity index is 203. The molecule has 3 unspecified atom stereocenters. The van der Waals surface area contributed by atoms with Crippen molar-refractivity contribution < 1.29 is 4.74 Å². The lowest BCUT2D eigenvalue weighted by atomic mass is 10.0. The molecule has 2 saturated carbocycles. The lowest BCUT2D eigenvalue weighted by Gasteiger charge is -2.24. The van der Waals surface area contributed by atoms with Crippen molar-refractivity contribution in [3.05, 3.63) is 0 Å². The van der Waals surface area contributed by atoms with Crippen LogP contribution in [0.5, 0.6) is 0 Å². The van der Waals surface area contributed by atoms with E-state index >= 15 is 0 Å². The highest BCUT2D eigenvalue weighted by Crippen LogP contribution is 2.34. The summed E-state index contributed by atoms with van der Waals surface area (Å²) >= 11 is 0. The van der Waals surface area contributed by atoms with E-state index in [9.17, 15) is 0 Å². The highest BCUT2D eigenvalue weighted by Gasteiger charge is 2.32. The van der Waals surface area contributed by atoms with Gasteiger partial charge in [0.25, 0.3) is 0 Å². The minimum atomic E-state index is 0.628. The Morgan fingerprint density at radius 3 is 2.62 bits per heavy atom. The summed E-state index contributed by atoms with van der Waals surface area (Å²) in [7, 11) is 1.83. The van der Waals surface area contributed by atoms with Gasteiger partial charge in [0.15, 0.2) is 0 Å². The molecular formula is C14H27NO. The molecule has 0 aromatic carbocycles. The minimum Gasteiger partial charge on any atom is -0.383 e. The van der Waals surface area contributed by atoms with Crippen molar-refractivity contribution in [1.29, 1.82) is 0 Å². The van der Waals surface area contributed by atoms with E-state index in [1.165, 1.54) is 44.9 Å². The molecule has 0 amide bonds. The van der Waals surface area contributed by atoms with E-state index < -0.39 is 0 Å². The van der Waals surface area contributed by atoms with Gasteiger partial charge in [-0.2, -0.15) is 0 Å². The van der Waals surface area contributed by atoms with Crippen LogP contribution in [0.25, 0.3) is 0 Å². The van der Waals surface area contributed by atoms with Crippen molar-refractivity contribution in [1.82, 2.24) is 5.32 Å². The summed E-state index contributed by atoms with van der Waals surface area (Å²) in [6, 6.07) is 1.38. The third-order valence-electron chi connectivity index (χ3n) is 4.24. The average molecular weight is 225 g/mol. The van der Waals surface area contributed by atoms with Gasteiger partial charge < -0.3 is 10.1 Å². The van der Waals surface area contributed by atoms with Gasteiger partial charge in [-0.05, 0) is 43.9 Å². The Morgan fingerprint density at radius 1 is 1.12 bits per heavy atom. The maximum absolute atomic E-state index is 5.34. The molecule has 3 atom stereocenters. The summed E-state index contributed by atoms with van der Waals surface area (Å²) in [6.45, 7) is 3.30. The van der Waals surface area contributed by atoms with Crippen LogP contribution in [0.1, 0.15) is 51.9 Å². The summed E-state index contributed by atoms with van der Waals surface area (Å²) in [4.78, 5) is 0. The van der Waals surface area contributed by atoms with Crippen molar-refractivity contribution in [3.63, 3.8) is 0 Å². The molecule has 16 heavy (non-hydrogen) atoms. The van der Waals surface area contributed by atoms with Gasteiger partial charge in [-0.25, -0.2) is 0 Å². The van der Waals surface area contributed by atoms with Crippen molar-refractivity contribution in [2.75, 3.05) is 13.7 Å². The molecule has 94 valence electrons.